The second-order valence-electron chi connectivity index (χ2n) is 4.26. The summed E-state index contributed by atoms with van der Waals surface area (Å²) in [6, 6.07) is 3.80. The normalized spacial score (nSPS) is 12.2. The van der Waals surface area contributed by atoms with Crippen LogP contribution < -0.4 is 5.32 Å². The van der Waals surface area contributed by atoms with Crippen LogP contribution in [-0.2, 0) is 4.79 Å². The number of amides is 1. The third-order valence-corrected chi connectivity index (χ3v) is 3.20. The summed E-state index contributed by atoms with van der Waals surface area (Å²) in [5.74, 6) is -0.523. The van der Waals surface area contributed by atoms with Crippen LogP contribution in [0.5, 0.6) is 0 Å². The molecular weight excluding hydrogens is 313 g/mol. The average molecular weight is 326 g/mol. The van der Waals surface area contributed by atoms with Gasteiger partial charge in [-0.3, -0.25) is 9.48 Å². The number of aryl methyl sites for hydroxylation is 1. The van der Waals surface area contributed by atoms with Crippen LogP contribution in [0.25, 0.3) is 0 Å². The summed E-state index contributed by atoms with van der Waals surface area (Å²) in [5, 5.41) is 6.83. The summed E-state index contributed by atoms with van der Waals surface area (Å²) in [7, 11) is 0. The molecule has 6 heteroatoms. The molecule has 0 aliphatic rings. The van der Waals surface area contributed by atoms with Crippen LogP contribution in [0.2, 0.25) is 0 Å². The van der Waals surface area contributed by atoms with E-state index in [1.165, 1.54) is 12.1 Å². The van der Waals surface area contributed by atoms with Crippen molar-refractivity contribution in [2.24, 2.45) is 0 Å². The van der Waals surface area contributed by atoms with Gasteiger partial charge in [0.2, 0.25) is 5.91 Å². The van der Waals surface area contributed by atoms with Crippen molar-refractivity contribution in [2.75, 3.05) is 5.32 Å². The zero-order chi connectivity index (χ0) is 14.0. The van der Waals surface area contributed by atoms with E-state index in [9.17, 15) is 9.18 Å². The van der Waals surface area contributed by atoms with Crippen molar-refractivity contribution in [1.29, 1.82) is 0 Å². The van der Waals surface area contributed by atoms with Crippen molar-refractivity contribution < 1.29 is 9.18 Å². The second kappa shape index (κ2) is 5.52. The van der Waals surface area contributed by atoms with Crippen molar-refractivity contribution >= 4 is 27.5 Å². The minimum atomic E-state index is -0.448. The van der Waals surface area contributed by atoms with E-state index in [2.05, 4.69) is 26.3 Å². The van der Waals surface area contributed by atoms with E-state index in [0.29, 0.717) is 11.3 Å². The predicted molar refractivity (Wildman–Crippen MR) is 74.4 cm³/mol. The molecule has 1 N–H and O–H groups in total. The SMILES string of the molecule is Cc1cc(F)ccc1NC(=O)C(C)n1cc(Br)cn1. The van der Waals surface area contributed by atoms with Crippen LogP contribution in [0.1, 0.15) is 18.5 Å². The standard InChI is InChI=1S/C13H13BrFN3O/c1-8-5-11(15)3-4-12(8)17-13(19)9(2)18-7-10(14)6-16-18/h3-7,9H,1-2H3,(H,17,19). The largest absolute Gasteiger partial charge is 0.324 e. The fraction of sp³-hybridized carbons (Fsp3) is 0.231. The van der Waals surface area contributed by atoms with Crippen LogP contribution in [0.4, 0.5) is 10.1 Å². The molecule has 1 aromatic heterocycles. The van der Waals surface area contributed by atoms with E-state index >= 15 is 0 Å². The highest BCUT2D eigenvalue weighted by Crippen LogP contribution is 2.18. The fourth-order valence-electron chi connectivity index (χ4n) is 1.65. The number of nitrogens with zero attached hydrogens (tertiary/aromatic N) is 2. The highest BCUT2D eigenvalue weighted by atomic mass is 79.9. The Hall–Kier alpha value is -1.69. The van der Waals surface area contributed by atoms with Crippen molar-refractivity contribution in [3.63, 3.8) is 0 Å². The Morgan fingerprint density at radius 2 is 2.26 bits per heavy atom. The average Bonchev–Trinajstić information content (AvgIpc) is 2.78. The molecule has 19 heavy (non-hydrogen) atoms. The van der Waals surface area contributed by atoms with Gasteiger partial charge < -0.3 is 5.32 Å². The smallest absolute Gasteiger partial charge is 0.248 e. The first-order valence-electron chi connectivity index (χ1n) is 5.74. The Morgan fingerprint density at radius 1 is 1.53 bits per heavy atom. The van der Waals surface area contributed by atoms with Gasteiger partial charge in [-0.1, -0.05) is 0 Å². The molecule has 2 rings (SSSR count). The van der Waals surface area contributed by atoms with E-state index in [1.54, 1.807) is 37.0 Å². The Balaban J connectivity index is 2.12. The van der Waals surface area contributed by atoms with Gasteiger partial charge >= 0.3 is 0 Å². The second-order valence-corrected chi connectivity index (χ2v) is 5.18. The van der Waals surface area contributed by atoms with Gasteiger partial charge in [0, 0.05) is 11.9 Å². The first kappa shape index (κ1) is 13.7. The Bertz CT molecular complexity index is 612. The lowest BCUT2D eigenvalue weighted by molar-refractivity contribution is -0.119. The number of hydrogen-bond donors (Lipinski definition) is 1. The number of carbonyl (C=O) groups excluding carboxylic acids is 1. The van der Waals surface area contributed by atoms with Crippen molar-refractivity contribution in [3.8, 4) is 0 Å². The molecule has 0 aliphatic carbocycles. The maximum atomic E-state index is 13.0. The van der Waals surface area contributed by atoms with Gasteiger partial charge in [-0.15, -0.1) is 0 Å². The summed E-state index contributed by atoms with van der Waals surface area (Å²) in [5.41, 5.74) is 1.28. The molecule has 4 nitrogen and oxygen atoms in total. The molecule has 0 radical (unpaired) electrons. The van der Waals surface area contributed by atoms with E-state index in [-0.39, 0.29) is 11.7 Å². The van der Waals surface area contributed by atoms with Gasteiger partial charge in [-0.05, 0) is 53.5 Å². The number of hydrogen-bond acceptors (Lipinski definition) is 2. The molecule has 1 aromatic carbocycles. The summed E-state index contributed by atoms with van der Waals surface area (Å²) in [4.78, 5) is 12.1. The zero-order valence-corrected chi connectivity index (χ0v) is 12.1. The van der Waals surface area contributed by atoms with Gasteiger partial charge in [0.05, 0.1) is 10.7 Å². The lowest BCUT2D eigenvalue weighted by Crippen LogP contribution is -2.24. The lowest BCUT2D eigenvalue weighted by Gasteiger charge is -2.14. The van der Waals surface area contributed by atoms with Crippen LogP contribution >= 0.6 is 15.9 Å². The van der Waals surface area contributed by atoms with Crippen molar-refractivity contribution in [2.45, 2.75) is 19.9 Å². The molecule has 1 heterocycles. The summed E-state index contributed by atoms with van der Waals surface area (Å²) >= 11 is 3.28. The number of nitrogens with one attached hydrogen (secondary N) is 1. The maximum Gasteiger partial charge on any atom is 0.248 e. The Morgan fingerprint density at radius 3 is 2.84 bits per heavy atom. The van der Waals surface area contributed by atoms with E-state index in [1.807, 2.05) is 0 Å². The molecule has 0 bridgehead atoms. The van der Waals surface area contributed by atoms with Gasteiger partial charge in [0.15, 0.2) is 0 Å². The predicted octanol–water partition coefficient (Wildman–Crippen LogP) is 3.29. The number of halogens is 2. The number of benzene rings is 1. The number of anilines is 1. The summed E-state index contributed by atoms with van der Waals surface area (Å²) in [6.45, 7) is 3.49. The minimum absolute atomic E-state index is 0.203. The highest BCUT2D eigenvalue weighted by Gasteiger charge is 2.16. The van der Waals surface area contributed by atoms with E-state index in [4.69, 9.17) is 0 Å². The maximum absolute atomic E-state index is 13.0. The monoisotopic (exact) mass is 325 g/mol. The van der Waals surface area contributed by atoms with Gasteiger partial charge in [0.1, 0.15) is 11.9 Å². The molecule has 1 unspecified atom stereocenters. The third kappa shape index (κ3) is 3.20. The first-order chi connectivity index (χ1) is 8.97. The zero-order valence-electron chi connectivity index (χ0n) is 10.5. The lowest BCUT2D eigenvalue weighted by atomic mass is 10.2. The van der Waals surface area contributed by atoms with Crippen molar-refractivity contribution in [1.82, 2.24) is 9.78 Å². The number of aromatic nitrogens is 2. The van der Waals surface area contributed by atoms with Gasteiger partial charge in [0.25, 0.3) is 0 Å². The van der Waals surface area contributed by atoms with Crippen LogP contribution in [-0.4, -0.2) is 15.7 Å². The molecule has 1 atom stereocenters. The van der Waals surface area contributed by atoms with Gasteiger partial charge in [-0.25, -0.2) is 4.39 Å². The third-order valence-electron chi connectivity index (χ3n) is 2.79. The van der Waals surface area contributed by atoms with E-state index < -0.39 is 6.04 Å². The summed E-state index contributed by atoms with van der Waals surface area (Å²) in [6.07, 6.45) is 3.34. The first-order valence-corrected chi connectivity index (χ1v) is 6.53. The molecule has 0 spiro atoms. The fourth-order valence-corrected chi connectivity index (χ4v) is 1.95. The van der Waals surface area contributed by atoms with Crippen LogP contribution in [0.15, 0.2) is 35.1 Å². The van der Waals surface area contributed by atoms with E-state index in [0.717, 1.165) is 4.47 Å². The molecule has 0 saturated heterocycles. The molecular formula is C13H13BrFN3O. The molecule has 0 aliphatic heterocycles. The van der Waals surface area contributed by atoms with Crippen LogP contribution in [0, 0.1) is 12.7 Å². The highest BCUT2D eigenvalue weighted by molar-refractivity contribution is 9.10. The topological polar surface area (TPSA) is 46.9 Å². The Labute approximate surface area is 118 Å². The minimum Gasteiger partial charge on any atom is -0.324 e. The Kier molecular flexibility index (Phi) is 3.99. The number of carbonyl (C=O) groups is 1. The van der Waals surface area contributed by atoms with Gasteiger partial charge in [-0.2, -0.15) is 5.10 Å². The molecule has 1 amide bonds. The quantitative estimate of drug-likeness (QED) is 0.941. The van der Waals surface area contributed by atoms with Crippen molar-refractivity contribution in [3.05, 3.63) is 46.4 Å². The van der Waals surface area contributed by atoms with Crippen LogP contribution in [0.3, 0.4) is 0 Å². The number of rotatable bonds is 3. The summed E-state index contributed by atoms with van der Waals surface area (Å²) < 4.78 is 15.3. The molecule has 0 saturated carbocycles. The molecule has 2 aromatic rings. The molecule has 100 valence electrons. The molecule has 0 fully saturated rings.